The molecule has 0 N–H and O–H groups in total. The third-order valence-electron chi connectivity index (χ3n) is 4.43. The molecular formula is C22H18BrNOS. The number of nitrogens with zero attached hydrogens (tertiary/aromatic N) is 1. The Bertz CT molecular complexity index is 935. The third-order valence-corrected chi connectivity index (χ3v) is 6.28. The van der Waals surface area contributed by atoms with Crippen molar-refractivity contribution in [2.75, 3.05) is 7.11 Å². The van der Waals surface area contributed by atoms with E-state index in [-0.39, 0.29) is 0 Å². The predicted octanol–water partition coefficient (Wildman–Crippen LogP) is 6.82. The molecule has 0 spiro atoms. The lowest BCUT2D eigenvalue weighted by atomic mass is 10.0. The number of thioether (sulfide) groups is 1. The van der Waals surface area contributed by atoms with Crippen molar-refractivity contribution >= 4 is 39.1 Å². The fraction of sp³-hybridized carbons (Fsp3) is 0.136. The summed E-state index contributed by atoms with van der Waals surface area (Å²) >= 11 is 5.40. The van der Waals surface area contributed by atoms with Crippen molar-refractivity contribution in [2.45, 2.75) is 16.6 Å². The molecule has 0 aromatic heterocycles. The maximum Gasteiger partial charge on any atom is 0.118 e. The van der Waals surface area contributed by atoms with Gasteiger partial charge in [0.05, 0.1) is 12.8 Å². The Kier molecular flexibility index (Phi) is 5.14. The van der Waals surface area contributed by atoms with Crippen LogP contribution >= 0.6 is 27.7 Å². The Morgan fingerprint density at radius 2 is 1.69 bits per heavy atom. The van der Waals surface area contributed by atoms with Crippen LogP contribution in [0.2, 0.25) is 0 Å². The van der Waals surface area contributed by atoms with Crippen LogP contribution in [0.3, 0.4) is 0 Å². The molecule has 0 radical (unpaired) electrons. The first-order valence-corrected chi connectivity index (χ1v) is 10.1. The molecule has 26 heavy (non-hydrogen) atoms. The van der Waals surface area contributed by atoms with Crippen LogP contribution in [0.25, 0.3) is 0 Å². The molecule has 1 aliphatic heterocycles. The Balaban J connectivity index is 1.75. The van der Waals surface area contributed by atoms with E-state index in [0.717, 1.165) is 28.0 Å². The molecule has 3 aromatic carbocycles. The first-order chi connectivity index (χ1) is 12.7. The van der Waals surface area contributed by atoms with Crippen LogP contribution in [0.4, 0.5) is 5.69 Å². The van der Waals surface area contributed by atoms with Gasteiger partial charge in [-0.3, -0.25) is 4.99 Å². The zero-order valence-electron chi connectivity index (χ0n) is 14.4. The first kappa shape index (κ1) is 17.4. The van der Waals surface area contributed by atoms with Gasteiger partial charge in [0.25, 0.3) is 0 Å². The SMILES string of the molecule is COc1ccc([C@@H]2CC(c3ccc(Br)cc3)=Nc3ccccc3S2)cc1. The number of benzene rings is 3. The third kappa shape index (κ3) is 3.71. The number of halogens is 1. The molecule has 0 bridgehead atoms. The molecule has 0 unspecified atom stereocenters. The Morgan fingerprint density at radius 1 is 0.962 bits per heavy atom. The van der Waals surface area contributed by atoms with Gasteiger partial charge in [-0.2, -0.15) is 0 Å². The minimum atomic E-state index is 0.312. The van der Waals surface area contributed by atoms with Gasteiger partial charge in [0.2, 0.25) is 0 Å². The fourth-order valence-electron chi connectivity index (χ4n) is 3.04. The standard InChI is InChI=1S/C22H18BrNOS/c1-25-18-12-8-16(9-13-18)22-14-20(15-6-10-17(23)11-7-15)24-19-4-2-3-5-21(19)26-22/h2-13,22H,14H2,1H3/t22-/m0/s1. The molecule has 3 aromatic rings. The molecule has 1 aliphatic rings. The van der Waals surface area contributed by atoms with Crippen LogP contribution in [0.1, 0.15) is 22.8 Å². The van der Waals surface area contributed by atoms with Crippen LogP contribution in [-0.4, -0.2) is 12.8 Å². The van der Waals surface area contributed by atoms with Crippen LogP contribution in [0, 0.1) is 0 Å². The molecule has 0 saturated carbocycles. The summed E-state index contributed by atoms with van der Waals surface area (Å²) in [6.45, 7) is 0. The highest BCUT2D eigenvalue weighted by Crippen LogP contribution is 2.45. The van der Waals surface area contributed by atoms with Crippen molar-refractivity contribution in [3.63, 3.8) is 0 Å². The molecule has 2 nitrogen and oxygen atoms in total. The highest BCUT2D eigenvalue weighted by molar-refractivity contribution is 9.10. The first-order valence-electron chi connectivity index (χ1n) is 8.46. The summed E-state index contributed by atoms with van der Waals surface area (Å²) in [5.41, 5.74) is 4.63. The normalized spacial score (nSPS) is 16.4. The van der Waals surface area contributed by atoms with E-state index in [9.17, 15) is 0 Å². The lowest BCUT2D eigenvalue weighted by Crippen LogP contribution is -2.05. The number of methoxy groups -OCH3 is 1. The van der Waals surface area contributed by atoms with Crippen molar-refractivity contribution in [2.24, 2.45) is 4.99 Å². The van der Waals surface area contributed by atoms with Gasteiger partial charge < -0.3 is 4.74 Å². The largest absolute Gasteiger partial charge is 0.497 e. The second-order valence-corrected chi connectivity index (χ2v) is 8.28. The molecule has 130 valence electrons. The van der Waals surface area contributed by atoms with Gasteiger partial charge in [-0.25, -0.2) is 0 Å². The molecule has 0 aliphatic carbocycles. The van der Waals surface area contributed by atoms with Gasteiger partial charge in [0.1, 0.15) is 5.75 Å². The van der Waals surface area contributed by atoms with Gasteiger partial charge in [0.15, 0.2) is 0 Å². The van der Waals surface area contributed by atoms with E-state index in [4.69, 9.17) is 9.73 Å². The van der Waals surface area contributed by atoms with Crippen molar-refractivity contribution in [1.29, 1.82) is 0 Å². The zero-order chi connectivity index (χ0) is 17.9. The summed E-state index contributed by atoms with van der Waals surface area (Å²) in [4.78, 5) is 6.23. The van der Waals surface area contributed by atoms with Crippen molar-refractivity contribution < 1.29 is 4.74 Å². The van der Waals surface area contributed by atoms with Crippen LogP contribution in [-0.2, 0) is 0 Å². The lowest BCUT2D eigenvalue weighted by molar-refractivity contribution is 0.414. The van der Waals surface area contributed by atoms with Crippen molar-refractivity contribution in [1.82, 2.24) is 0 Å². The van der Waals surface area contributed by atoms with Gasteiger partial charge >= 0.3 is 0 Å². The summed E-state index contributed by atoms with van der Waals surface area (Å²) in [6.07, 6.45) is 0.882. The number of hydrogen-bond acceptors (Lipinski definition) is 3. The Labute approximate surface area is 166 Å². The van der Waals surface area contributed by atoms with Crippen molar-refractivity contribution in [3.05, 3.63) is 88.4 Å². The minimum Gasteiger partial charge on any atom is -0.497 e. The quantitative estimate of drug-likeness (QED) is 0.460. The van der Waals surface area contributed by atoms with E-state index in [2.05, 4.69) is 76.6 Å². The number of rotatable bonds is 3. The molecule has 0 amide bonds. The number of aliphatic imine (C=N–C) groups is 1. The summed E-state index contributed by atoms with van der Waals surface area (Å²) in [7, 11) is 1.70. The Morgan fingerprint density at radius 3 is 2.42 bits per heavy atom. The zero-order valence-corrected chi connectivity index (χ0v) is 16.8. The van der Waals surface area contributed by atoms with Gasteiger partial charge in [-0.15, -0.1) is 11.8 Å². The average molecular weight is 424 g/mol. The minimum absolute atomic E-state index is 0.312. The van der Waals surface area contributed by atoms with E-state index in [1.165, 1.54) is 16.0 Å². The molecule has 4 rings (SSSR count). The van der Waals surface area contributed by atoms with Crippen molar-refractivity contribution in [3.8, 4) is 5.75 Å². The monoisotopic (exact) mass is 423 g/mol. The van der Waals surface area contributed by atoms with E-state index in [0.29, 0.717) is 5.25 Å². The molecule has 1 atom stereocenters. The van der Waals surface area contributed by atoms with Crippen LogP contribution in [0.5, 0.6) is 5.75 Å². The second kappa shape index (κ2) is 7.68. The number of ether oxygens (including phenoxy) is 1. The van der Waals surface area contributed by atoms with Crippen LogP contribution < -0.4 is 4.74 Å². The van der Waals surface area contributed by atoms with Crippen LogP contribution in [0.15, 0.2) is 87.2 Å². The Hall–Kier alpha value is -2.04. The van der Waals surface area contributed by atoms with E-state index >= 15 is 0 Å². The summed E-state index contributed by atoms with van der Waals surface area (Å²) in [5.74, 6) is 0.884. The molecule has 0 saturated heterocycles. The summed E-state index contributed by atoms with van der Waals surface area (Å²) in [5, 5.41) is 0.312. The number of hydrogen-bond donors (Lipinski definition) is 0. The molecular weight excluding hydrogens is 406 g/mol. The maximum atomic E-state index is 5.30. The summed E-state index contributed by atoms with van der Waals surface area (Å²) in [6, 6.07) is 25.2. The molecule has 4 heteroatoms. The highest BCUT2D eigenvalue weighted by atomic mass is 79.9. The predicted molar refractivity (Wildman–Crippen MR) is 113 cm³/mol. The van der Waals surface area contributed by atoms with E-state index < -0.39 is 0 Å². The number of para-hydroxylation sites is 1. The second-order valence-electron chi connectivity index (χ2n) is 6.12. The topological polar surface area (TPSA) is 21.6 Å². The van der Waals surface area contributed by atoms with Gasteiger partial charge in [-0.1, -0.05) is 52.3 Å². The number of fused-ring (bicyclic) bond motifs is 1. The maximum absolute atomic E-state index is 5.30. The highest BCUT2D eigenvalue weighted by Gasteiger charge is 2.22. The molecule has 1 heterocycles. The fourth-order valence-corrected chi connectivity index (χ4v) is 4.54. The lowest BCUT2D eigenvalue weighted by Gasteiger charge is -2.16. The van der Waals surface area contributed by atoms with E-state index in [1.54, 1.807) is 7.11 Å². The molecule has 0 fully saturated rings. The summed E-state index contributed by atoms with van der Waals surface area (Å²) < 4.78 is 6.38. The smallest absolute Gasteiger partial charge is 0.118 e. The van der Waals surface area contributed by atoms with Gasteiger partial charge in [0, 0.05) is 26.8 Å². The van der Waals surface area contributed by atoms with E-state index in [1.807, 2.05) is 23.9 Å². The van der Waals surface area contributed by atoms with Gasteiger partial charge in [-0.05, 0) is 47.5 Å². The average Bonchev–Trinajstić information content (AvgIpc) is 2.88.